The van der Waals surface area contributed by atoms with E-state index in [-0.39, 0.29) is 11.3 Å². The van der Waals surface area contributed by atoms with Gasteiger partial charge in [-0.1, -0.05) is 32.0 Å². The summed E-state index contributed by atoms with van der Waals surface area (Å²) in [4.78, 5) is 0. The molecule has 4 nitrogen and oxygen atoms in total. The van der Waals surface area contributed by atoms with Crippen LogP contribution in [0.4, 0.5) is 0 Å². The number of benzene rings is 1. The van der Waals surface area contributed by atoms with Crippen LogP contribution < -0.4 is 10.5 Å². The Morgan fingerprint density at radius 2 is 2.06 bits per heavy atom. The average Bonchev–Trinajstić information content (AvgIpc) is 2.26. The van der Waals surface area contributed by atoms with E-state index in [0.29, 0.717) is 17.9 Å². The van der Waals surface area contributed by atoms with Gasteiger partial charge in [-0.05, 0) is 36.5 Å². The van der Waals surface area contributed by atoms with Gasteiger partial charge < -0.3 is 15.7 Å². The number of nitrogens with two attached hydrogens (primary N) is 1. The van der Waals surface area contributed by atoms with Gasteiger partial charge in [-0.3, -0.25) is 0 Å². The van der Waals surface area contributed by atoms with Gasteiger partial charge in [-0.2, -0.15) is 0 Å². The van der Waals surface area contributed by atoms with Gasteiger partial charge in [0.05, 0.1) is 12.2 Å². The molecule has 18 heavy (non-hydrogen) atoms. The SMILES string of the molecule is Cc1ccc(C(N)=NO)c(OCCC(C)(C)C)c1. The highest BCUT2D eigenvalue weighted by molar-refractivity contribution is 5.99. The van der Waals surface area contributed by atoms with Gasteiger partial charge in [-0.15, -0.1) is 0 Å². The lowest BCUT2D eigenvalue weighted by Crippen LogP contribution is -2.16. The summed E-state index contributed by atoms with van der Waals surface area (Å²) in [6.07, 6.45) is 0.941. The third-order valence-electron chi connectivity index (χ3n) is 2.63. The molecule has 0 saturated heterocycles. The maximum Gasteiger partial charge on any atom is 0.173 e. The minimum atomic E-state index is 0.0701. The van der Waals surface area contributed by atoms with Gasteiger partial charge in [0.25, 0.3) is 0 Å². The van der Waals surface area contributed by atoms with Crippen LogP contribution in [0.25, 0.3) is 0 Å². The monoisotopic (exact) mass is 250 g/mol. The van der Waals surface area contributed by atoms with Crippen LogP contribution in [0.2, 0.25) is 0 Å². The highest BCUT2D eigenvalue weighted by atomic mass is 16.5. The number of hydrogen-bond donors (Lipinski definition) is 2. The quantitative estimate of drug-likeness (QED) is 0.373. The molecule has 0 fully saturated rings. The van der Waals surface area contributed by atoms with E-state index >= 15 is 0 Å². The molecule has 1 rings (SSSR count). The van der Waals surface area contributed by atoms with Gasteiger partial charge in [0, 0.05) is 0 Å². The van der Waals surface area contributed by atoms with Crippen molar-refractivity contribution in [2.45, 2.75) is 34.1 Å². The molecule has 3 N–H and O–H groups in total. The summed E-state index contributed by atoms with van der Waals surface area (Å²) >= 11 is 0. The second-order valence-electron chi connectivity index (χ2n) is 5.64. The molecule has 0 unspecified atom stereocenters. The lowest BCUT2D eigenvalue weighted by Gasteiger charge is -2.19. The molecule has 4 heteroatoms. The van der Waals surface area contributed by atoms with E-state index in [9.17, 15) is 0 Å². The van der Waals surface area contributed by atoms with E-state index in [1.807, 2.05) is 19.1 Å². The molecule has 0 bridgehead atoms. The molecule has 0 spiro atoms. The number of ether oxygens (including phenoxy) is 1. The van der Waals surface area contributed by atoms with E-state index in [1.165, 1.54) is 0 Å². The van der Waals surface area contributed by atoms with E-state index in [4.69, 9.17) is 15.7 Å². The van der Waals surface area contributed by atoms with Crippen molar-refractivity contribution in [3.05, 3.63) is 29.3 Å². The Labute approximate surface area is 108 Å². The van der Waals surface area contributed by atoms with Crippen LogP contribution in [0.5, 0.6) is 5.75 Å². The van der Waals surface area contributed by atoms with Crippen molar-refractivity contribution in [2.75, 3.05) is 6.61 Å². The van der Waals surface area contributed by atoms with Gasteiger partial charge in [0.15, 0.2) is 5.84 Å². The van der Waals surface area contributed by atoms with Crippen molar-refractivity contribution in [1.29, 1.82) is 0 Å². The maximum atomic E-state index is 8.74. The van der Waals surface area contributed by atoms with Crippen LogP contribution in [0.3, 0.4) is 0 Å². The summed E-state index contributed by atoms with van der Waals surface area (Å²) in [5, 5.41) is 11.8. The Morgan fingerprint density at radius 1 is 1.39 bits per heavy atom. The molecular formula is C14H22N2O2. The lowest BCUT2D eigenvalue weighted by molar-refractivity contribution is 0.242. The summed E-state index contributed by atoms with van der Waals surface area (Å²) in [6, 6.07) is 5.61. The highest BCUT2D eigenvalue weighted by Gasteiger charge is 2.12. The minimum absolute atomic E-state index is 0.0701. The molecule has 0 heterocycles. The normalized spacial score (nSPS) is 12.6. The average molecular weight is 250 g/mol. The molecule has 0 aliphatic rings. The van der Waals surface area contributed by atoms with Crippen molar-refractivity contribution in [1.82, 2.24) is 0 Å². The smallest absolute Gasteiger partial charge is 0.173 e. The van der Waals surface area contributed by atoms with Crippen molar-refractivity contribution in [2.24, 2.45) is 16.3 Å². The molecule has 0 aromatic heterocycles. The molecule has 1 aromatic rings. The molecule has 0 saturated carbocycles. The second kappa shape index (κ2) is 5.76. The van der Waals surface area contributed by atoms with Crippen molar-refractivity contribution in [3.63, 3.8) is 0 Å². The zero-order chi connectivity index (χ0) is 13.8. The van der Waals surface area contributed by atoms with E-state index in [0.717, 1.165) is 12.0 Å². The summed E-state index contributed by atoms with van der Waals surface area (Å²) < 4.78 is 5.75. The fourth-order valence-corrected chi connectivity index (χ4v) is 1.48. The first-order chi connectivity index (χ1) is 8.33. The zero-order valence-corrected chi connectivity index (χ0v) is 11.5. The lowest BCUT2D eigenvalue weighted by atomic mass is 9.93. The standard InChI is InChI=1S/C14H22N2O2/c1-10-5-6-11(13(15)16-17)12(9-10)18-8-7-14(2,3)4/h5-6,9,17H,7-8H2,1-4H3,(H2,15,16). The molecule has 100 valence electrons. The van der Waals surface area contributed by atoms with Gasteiger partial charge in [0.2, 0.25) is 0 Å². The Kier molecular flexibility index (Phi) is 4.59. The number of nitrogens with zero attached hydrogens (tertiary/aromatic N) is 1. The Bertz CT molecular complexity index is 434. The van der Waals surface area contributed by atoms with Gasteiger partial charge in [-0.25, -0.2) is 0 Å². The van der Waals surface area contributed by atoms with Crippen molar-refractivity contribution in [3.8, 4) is 5.75 Å². The minimum Gasteiger partial charge on any atom is -0.493 e. The van der Waals surface area contributed by atoms with Gasteiger partial charge >= 0.3 is 0 Å². The Balaban J connectivity index is 2.83. The van der Waals surface area contributed by atoms with E-state index in [2.05, 4.69) is 25.9 Å². The van der Waals surface area contributed by atoms with E-state index in [1.54, 1.807) is 6.07 Å². The van der Waals surface area contributed by atoms with Crippen molar-refractivity contribution >= 4 is 5.84 Å². The molecule has 0 radical (unpaired) electrons. The van der Waals surface area contributed by atoms with Crippen LogP contribution in [-0.4, -0.2) is 17.6 Å². The molecule has 1 aromatic carbocycles. The highest BCUT2D eigenvalue weighted by Crippen LogP contribution is 2.23. The topological polar surface area (TPSA) is 67.8 Å². The van der Waals surface area contributed by atoms with E-state index < -0.39 is 0 Å². The fourth-order valence-electron chi connectivity index (χ4n) is 1.48. The molecular weight excluding hydrogens is 228 g/mol. The first kappa shape index (κ1) is 14.4. The predicted molar refractivity (Wildman–Crippen MR) is 73.3 cm³/mol. The summed E-state index contributed by atoms with van der Waals surface area (Å²) in [5.41, 5.74) is 7.55. The molecule has 0 aliphatic heterocycles. The summed E-state index contributed by atoms with van der Waals surface area (Å²) in [7, 11) is 0. The number of aryl methyl sites for hydroxylation is 1. The zero-order valence-electron chi connectivity index (χ0n) is 11.5. The van der Waals surface area contributed by atoms with Crippen LogP contribution >= 0.6 is 0 Å². The number of oxime groups is 1. The van der Waals surface area contributed by atoms with Gasteiger partial charge in [0.1, 0.15) is 5.75 Å². The summed E-state index contributed by atoms with van der Waals surface area (Å²) in [5.74, 6) is 0.732. The Morgan fingerprint density at radius 3 is 2.61 bits per heavy atom. The van der Waals surface area contributed by atoms with Crippen LogP contribution in [0.1, 0.15) is 38.3 Å². The number of hydrogen-bond acceptors (Lipinski definition) is 3. The molecule has 0 atom stereocenters. The Hall–Kier alpha value is -1.71. The number of rotatable bonds is 4. The molecule has 0 amide bonds. The first-order valence-electron chi connectivity index (χ1n) is 6.05. The summed E-state index contributed by atoms with van der Waals surface area (Å²) in [6.45, 7) is 9.08. The van der Waals surface area contributed by atoms with Crippen LogP contribution in [0, 0.1) is 12.3 Å². The predicted octanol–water partition coefficient (Wildman–Crippen LogP) is 2.90. The molecule has 0 aliphatic carbocycles. The third kappa shape index (κ3) is 4.28. The number of amidine groups is 1. The van der Waals surface area contributed by atoms with Crippen LogP contribution in [-0.2, 0) is 0 Å². The van der Waals surface area contributed by atoms with Crippen molar-refractivity contribution < 1.29 is 9.94 Å². The fraction of sp³-hybridized carbons (Fsp3) is 0.500. The maximum absolute atomic E-state index is 8.74. The first-order valence-corrected chi connectivity index (χ1v) is 6.05. The second-order valence-corrected chi connectivity index (χ2v) is 5.64. The largest absolute Gasteiger partial charge is 0.493 e. The van der Waals surface area contributed by atoms with Crippen LogP contribution in [0.15, 0.2) is 23.4 Å². The third-order valence-corrected chi connectivity index (χ3v) is 2.63.